The smallest absolute Gasteiger partial charge is 0.161 e. The summed E-state index contributed by atoms with van der Waals surface area (Å²) in [6.45, 7) is 3.48. The van der Waals surface area contributed by atoms with Crippen LogP contribution in [0, 0.1) is 0 Å². The molecule has 0 radical (unpaired) electrons. The molecule has 1 N–H and O–H groups in total. The van der Waals surface area contributed by atoms with E-state index in [1.54, 1.807) is 19.5 Å². The molecule has 1 atom stereocenters. The normalized spacial score (nSPS) is 11.9. The Balaban J connectivity index is 1.76. The average Bonchev–Trinajstić information content (AvgIpc) is 2.52. The predicted octanol–water partition coefficient (Wildman–Crippen LogP) is 2.82. The lowest BCUT2D eigenvalue weighted by Crippen LogP contribution is -2.24. The van der Waals surface area contributed by atoms with Crippen LogP contribution in [0.2, 0.25) is 0 Å². The third-order valence-electron chi connectivity index (χ3n) is 3.09. The zero-order valence-corrected chi connectivity index (χ0v) is 11.9. The van der Waals surface area contributed by atoms with E-state index >= 15 is 0 Å². The first-order valence-corrected chi connectivity index (χ1v) is 6.70. The minimum absolute atomic E-state index is 0.277. The summed E-state index contributed by atoms with van der Waals surface area (Å²) < 4.78 is 11.0. The van der Waals surface area contributed by atoms with E-state index in [9.17, 15) is 0 Å². The molecule has 0 aliphatic rings. The number of aromatic nitrogens is 1. The quantitative estimate of drug-likeness (QED) is 0.787. The van der Waals surface area contributed by atoms with Crippen LogP contribution in [0.1, 0.15) is 18.5 Å². The average molecular weight is 272 g/mol. The molecular weight excluding hydrogens is 252 g/mol. The van der Waals surface area contributed by atoms with Gasteiger partial charge in [0, 0.05) is 25.0 Å². The molecule has 20 heavy (non-hydrogen) atoms. The Morgan fingerprint density at radius 2 is 1.80 bits per heavy atom. The lowest BCUT2D eigenvalue weighted by Gasteiger charge is -2.15. The summed E-state index contributed by atoms with van der Waals surface area (Å²) in [7, 11) is 1.64. The molecule has 0 unspecified atom stereocenters. The van der Waals surface area contributed by atoms with E-state index in [1.807, 2.05) is 36.4 Å². The van der Waals surface area contributed by atoms with Crippen LogP contribution in [0.5, 0.6) is 11.5 Å². The van der Waals surface area contributed by atoms with Crippen LogP contribution in [0.25, 0.3) is 0 Å². The standard InChI is InChI=1S/C16H20N2O2/c1-13(14-7-9-17-10-8-14)18-11-12-20-16-6-4-3-5-15(16)19-2/h3-10,13,18H,11-12H2,1-2H3/t13-/m0/s1. The van der Waals surface area contributed by atoms with Crippen molar-refractivity contribution in [2.24, 2.45) is 0 Å². The molecule has 0 fully saturated rings. The molecule has 1 aromatic carbocycles. The molecule has 4 heteroatoms. The van der Waals surface area contributed by atoms with Crippen molar-refractivity contribution < 1.29 is 9.47 Å². The number of methoxy groups -OCH3 is 1. The number of pyridine rings is 1. The molecule has 0 aliphatic carbocycles. The maximum absolute atomic E-state index is 5.71. The number of hydrogen-bond donors (Lipinski definition) is 1. The predicted molar refractivity (Wildman–Crippen MR) is 79.1 cm³/mol. The van der Waals surface area contributed by atoms with Crippen molar-refractivity contribution in [1.29, 1.82) is 0 Å². The monoisotopic (exact) mass is 272 g/mol. The van der Waals surface area contributed by atoms with Gasteiger partial charge in [0.15, 0.2) is 11.5 Å². The Morgan fingerprint density at radius 1 is 1.10 bits per heavy atom. The lowest BCUT2D eigenvalue weighted by atomic mass is 10.1. The molecule has 0 saturated heterocycles. The fourth-order valence-electron chi connectivity index (χ4n) is 1.94. The van der Waals surface area contributed by atoms with Gasteiger partial charge < -0.3 is 14.8 Å². The highest BCUT2D eigenvalue weighted by atomic mass is 16.5. The van der Waals surface area contributed by atoms with Gasteiger partial charge in [0.2, 0.25) is 0 Å². The molecule has 106 valence electrons. The second kappa shape index (κ2) is 7.50. The largest absolute Gasteiger partial charge is 0.493 e. The van der Waals surface area contributed by atoms with Crippen LogP contribution < -0.4 is 14.8 Å². The summed E-state index contributed by atoms with van der Waals surface area (Å²) >= 11 is 0. The molecule has 1 aromatic heterocycles. The van der Waals surface area contributed by atoms with Crippen molar-refractivity contribution in [1.82, 2.24) is 10.3 Å². The first kappa shape index (κ1) is 14.3. The highest BCUT2D eigenvalue weighted by molar-refractivity contribution is 5.39. The number of para-hydroxylation sites is 2. The van der Waals surface area contributed by atoms with Crippen LogP contribution in [0.3, 0.4) is 0 Å². The van der Waals surface area contributed by atoms with E-state index in [0.717, 1.165) is 18.0 Å². The van der Waals surface area contributed by atoms with E-state index in [0.29, 0.717) is 6.61 Å². The third kappa shape index (κ3) is 3.96. The lowest BCUT2D eigenvalue weighted by molar-refractivity contribution is 0.288. The zero-order valence-electron chi connectivity index (χ0n) is 11.9. The molecule has 0 amide bonds. The highest BCUT2D eigenvalue weighted by Crippen LogP contribution is 2.25. The number of ether oxygens (including phenoxy) is 2. The SMILES string of the molecule is COc1ccccc1OCCN[C@@H](C)c1ccncc1. The molecule has 0 spiro atoms. The van der Waals surface area contributed by atoms with E-state index in [-0.39, 0.29) is 6.04 Å². The number of nitrogens with zero attached hydrogens (tertiary/aromatic N) is 1. The van der Waals surface area contributed by atoms with Gasteiger partial charge in [0.25, 0.3) is 0 Å². The molecule has 2 rings (SSSR count). The van der Waals surface area contributed by atoms with Crippen molar-refractivity contribution in [3.05, 3.63) is 54.4 Å². The fraction of sp³-hybridized carbons (Fsp3) is 0.312. The Labute approximate surface area is 119 Å². The van der Waals surface area contributed by atoms with E-state index < -0.39 is 0 Å². The molecule has 0 bridgehead atoms. The van der Waals surface area contributed by atoms with Crippen LogP contribution in [0.4, 0.5) is 0 Å². The topological polar surface area (TPSA) is 43.4 Å². The molecule has 0 saturated carbocycles. The Hall–Kier alpha value is -2.07. The number of nitrogens with one attached hydrogen (secondary N) is 1. The Bertz CT molecular complexity index is 517. The first-order chi connectivity index (χ1) is 9.81. The van der Waals surface area contributed by atoms with Gasteiger partial charge in [-0.15, -0.1) is 0 Å². The summed E-state index contributed by atoms with van der Waals surface area (Å²) in [5, 5.41) is 3.41. The third-order valence-corrected chi connectivity index (χ3v) is 3.09. The van der Waals surface area contributed by atoms with E-state index in [4.69, 9.17) is 9.47 Å². The van der Waals surface area contributed by atoms with Gasteiger partial charge in [-0.05, 0) is 36.8 Å². The maximum Gasteiger partial charge on any atom is 0.161 e. The van der Waals surface area contributed by atoms with Gasteiger partial charge in [0.1, 0.15) is 6.61 Å². The number of benzene rings is 1. The highest BCUT2D eigenvalue weighted by Gasteiger charge is 2.05. The van der Waals surface area contributed by atoms with Crippen LogP contribution in [0.15, 0.2) is 48.8 Å². The van der Waals surface area contributed by atoms with Crippen molar-refractivity contribution >= 4 is 0 Å². The second-order valence-electron chi connectivity index (χ2n) is 4.46. The minimum atomic E-state index is 0.277. The summed E-state index contributed by atoms with van der Waals surface area (Å²) in [6.07, 6.45) is 3.61. The maximum atomic E-state index is 5.71. The number of hydrogen-bond acceptors (Lipinski definition) is 4. The van der Waals surface area contributed by atoms with Gasteiger partial charge >= 0.3 is 0 Å². The van der Waals surface area contributed by atoms with Gasteiger partial charge in [0.05, 0.1) is 7.11 Å². The summed E-state index contributed by atoms with van der Waals surface area (Å²) in [4.78, 5) is 4.02. The molecular formula is C16H20N2O2. The summed E-state index contributed by atoms with van der Waals surface area (Å²) in [5.74, 6) is 1.53. The van der Waals surface area contributed by atoms with Crippen molar-refractivity contribution in [3.63, 3.8) is 0 Å². The molecule has 2 aromatic rings. The second-order valence-corrected chi connectivity index (χ2v) is 4.46. The Kier molecular flexibility index (Phi) is 5.38. The molecule has 1 heterocycles. The van der Waals surface area contributed by atoms with Gasteiger partial charge in [-0.2, -0.15) is 0 Å². The van der Waals surface area contributed by atoms with Gasteiger partial charge in [-0.3, -0.25) is 4.98 Å². The first-order valence-electron chi connectivity index (χ1n) is 6.70. The van der Waals surface area contributed by atoms with Crippen molar-refractivity contribution in [3.8, 4) is 11.5 Å². The van der Waals surface area contributed by atoms with E-state index in [1.165, 1.54) is 5.56 Å². The Morgan fingerprint density at radius 3 is 2.50 bits per heavy atom. The minimum Gasteiger partial charge on any atom is -0.493 e. The van der Waals surface area contributed by atoms with Crippen LogP contribution >= 0.6 is 0 Å². The number of rotatable bonds is 7. The van der Waals surface area contributed by atoms with Crippen LogP contribution in [-0.2, 0) is 0 Å². The summed E-state index contributed by atoms with van der Waals surface area (Å²) in [6, 6.07) is 12.0. The molecule has 0 aliphatic heterocycles. The van der Waals surface area contributed by atoms with Crippen molar-refractivity contribution in [2.45, 2.75) is 13.0 Å². The van der Waals surface area contributed by atoms with Crippen molar-refractivity contribution in [2.75, 3.05) is 20.3 Å². The van der Waals surface area contributed by atoms with Crippen LogP contribution in [-0.4, -0.2) is 25.2 Å². The van der Waals surface area contributed by atoms with Gasteiger partial charge in [-0.25, -0.2) is 0 Å². The summed E-state index contributed by atoms with van der Waals surface area (Å²) in [5.41, 5.74) is 1.22. The zero-order chi connectivity index (χ0) is 14.2. The molecule has 4 nitrogen and oxygen atoms in total. The van der Waals surface area contributed by atoms with E-state index in [2.05, 4.69) is 17.2 Å². The fourth-order valence-corrected chi connectivity index (χ4v) is 1.94. The van der Waals surface area contributed by atoms with Gasteiger partial charge in [-0.1, -0.05) is 12.1 Å².